The molecular formula is C19H17N5O2. The Labute approximate surface area is 149 Å². The van der Waals surface area contributed by atoms with E-state index in [-0.39, 0.29) is 11.7 Å². The molecule has 1 amide bonds. The second kappa shape index (κ2) is 6.36. The van der Waals surface area contributed by atoms with Gasteiger partial charge in [-0.1, -0.05) is 30.3 Å². The molecule has 7 heteroatoms. The fourth-order valence-corrected chi connectivity index (χ4v) is 2.74. The Bertz CT molecular complexity index is 1060. The Morgan fingerprint density at radius 2 is 1.81 bits per heavy atom. The van der Waals surface area contributed by atoms with Gasteiger partial charge in [-0.2, -0.15) is 10.2 Å². The molecule has 26 heavy (non-hydrogen) atoms. The maximum absolute atomic E-state index is 12.6. The van der Waals surface area contributed by atoms with Crippen LogP contribution in [-0.4, -0.2) is 25.5 Å². The molecular weight excluding hydrogens is 330 g/mol. The lowest BCUT2D eigenvalue weighted by atomic mass is 10.1. The minimum atomic E-state index is -0.328. The topological polar surface area (TPSA) is 77.9 Å². The van der Waals surface area contributed by atoms with E-state index in [0.717, 1.165) is 11.1 Å². The first-order chi connectivity index (χ1) is 12.6. The fourth-order valence-electron chi connectivity index (χ4n) is 2.74. The SMILES string of the molecule is Cn1cc(-c2ccc(C(=O)Nc3cn(C)nc3-c3ccccc3)o2)cn1. The summed E-state index contributed by atoms with van der Waals surface area (Å²) in [5.41, 5.74) is 3.08. The Hall–Kier alpha value is -3.61. The van der Waals surface area contributed by atoms with Crippen molar-refractivity contribution in [3.8, 4) is 22.6 Å². The highest BCUT2D eigenvalue weighted by Gasteiger charge is 2.17. The van der Waals surface area contributed by atoms with Crippen molar-refractivity contribution in [2.45, 2.75) is 0 Å². The Morgan fingerprint density at radius 3 is 2.54 bits per heavy atom. The van der Waals surface area contributed by atoms with Gasteiger partial charge in [0.1, 0.15) is 11.5 Å². The van der Waals surface area contributed by atoms with Gasteiger partial charge < -0.3 is 9.73 Å². The first-order valence-corrected chi connectivity index (χ1v) is 8.09. The molecule has 0 saturated heterocycles. The molecule has 4 rings (SSSR count). The summed E-state index contributed by atoms with van der Waals surface area (Å²) < 4.78 is 9.02. The molecule has 0 spiro atoms. The third-order valence-corrected chi connectivity index (χ3v) is 3.94. The summed E-state index contributed by atoms with van der Waals surface area (Å²) in [6.07, 6.45) is 5.29. The van der Waals surface area contributed by atoms with Crippen LogP contribution in [0.5, 0.6) is 0 Å². The summed E-state index contributed by atoms with van der Waals surface area (Å²) in [4.78, 5) is 12.6. The molecule has 0 unspecified atom stereocenters. The third-order valence-electron chi connectivity index (χ3n) is 3.94. The molecule has 3 heterocycles. The molecule has 3 aromatic heterocycles. The number of rotatable bonds is 4. The lowest BCUT2D eigenvalue weighted by Gasteiger charge is -2.03. The van der Waals surface area contributed by atoms with Crippen molar-refractivity contribution >= 4 is 11.6 Å². The zero-order valence-electron chi connectivity index (χ0n) is 14.4. The summed E-state index contributed by atoms with van der Waals surface area (Å²) in [6.45, 7) is 0. The zero-order chi connectivity index (χ0) is 18.1. The van der Waals surface area contributed by atoms with Crippen LogP contribution in [-0.2, 0) is 14.1 Å². The Kier molecular flexibility index (Phi) is 3.89. The highest BCUT2D eigenvalue weighted by Crippen LogP contribution is 2.27. The van der Waals surface area contributed by atoms with Gasteiger partial charge >= 0.3 is 0 Å². The molecule has 0 fully saturated rings. The van der Waals surface area contributed by atoms with E-state index in [2.05, 4.69) is 15.5 Å². The van der Waals surface area contributed by atoms with Gasteiger partial charge in [-0.15, -0.1) is 0 Å². The average molecular weight is 347 g/mol. The first kappa shape index (κ1) is 15.9. The molecule has 1 aromatic carbocycles. The largest absolute Gasteiger partial charge is 0.451 e. The minimum absolute atomic E-state index is 0.228. The third kappa shape index (κ3) is 3.02. The minimum Gasteiger partial charge on any atom is -0.451 e. The fraction of sp³-hybridized carbons (Fsp3) is 0.105. The van der Waals surface area contributed by atoms with Gasteiger partial charge in [0, 0.05) is 32.1 Å². The lowest BCUT2D eigenvalue weighted by Crippen LogP contribution is -2.11. The van der Waals surface area contributed by atoms with Crippen molar-refractivity contribution in [1.82, 2.24) is 19.6 Å². The van der Waals surface area contributed by atoms with E-state index < -0.39 is 0 Å². The number of anilines is 1. The van der Waals surface area contributed by atoms with Crippen LogP contribution < -0.4 is 5.32 Å². The van der Waals surface area contributed by atoms with Gasteiger partial charge in [0.25, 0.3) is 5.91 Å². The summed E-state index contributed by atoms with van der Waals surface area (Å²) in [5.74, 6) is 0.495. The van der Waals surface area contributed by atoms with Crippen LogP contribution in [0.25, 0.3) is 22.6 Å². The standard InChI is InChI=1S/C19H17N5O2/c1-23-11-14(10-20-23)16-8-9-17(26-16)19(25)21-15-12-24(2)22-18(15)13-6-4-3-5-7-13/h3-12H,1-2H3,(H,21,25). The molecule has 0 aliphatic heterocycles. The van der Waals surface area contributed by atoms with Crippen LogP contribution in [0, 0.1) is 0 Å². The quantitative estimate of drug-likeness (QED) is 0.614. The monoisotopic (exact) mass is 347 g/mol. The second-order valence-electron chi connectivity index (χ2n) is 5.95. The summed E-state index contributed by atoms with van der Waals surface area (Å²) in [6, 6.07) is 13.1. The van der Waals surface area contributed by atoms with E-state index in [9.17, 15) is 4.79 Å². The van der Waals surface area contributed by atoms with Gasteiger partial charge in [-0.05, 0) is 12.1 Å². The normalized spacial score (nSPS) is 10.8. The van der Waals surface area contributed by atoms with E-state index in [0.29, 0.717) is 17.1 Å². The van der Waals surface area contributed by atoms with E-state index >= 15 is 0 Å². The van der Waals surface area contributed by atoms with Crippen molar-refractivity contribution in [1.29, 1.82) is 0 Å². The van der Waals surface area contributed by atoms with E-state index in [1.165, 1.54) is 0 Å². The summed E-state index contributed by atoms with van der Waals surface area (Å²) in [5, 5.41) is 11.4. The van der Waals surface area contributed by atoms with Crippen LogP contribution in [0.4, 0.5) is 5.69 Å². The number of amides is 1. The van der Waals surface area contributed by atoms with Gasteiger partial charge in [0.05, 0.1) is 17.4 Å². The highest BCUT2D eigenvalue weighted by atomic mass is 16.3. The predicted molar refractivity (Wildman–Crippen MR) is 97.5 cm³/mol. The van der Waals surface area contributed by atoms with Crippen LogP contribution in [0.15, 0.2) is 65.5 Å². The summed E-state index contributed by atoms with van der Waals surface area (Å²) >= 11 is 0. The number of carbonyl (C=O) groups excluding carboxylic acids is 1. The molecule has 0 radical (unpaired) electrons. The number of benzene rings is 1. The molecule has 0 aliphatic rings. The number of aryl methyl sites for hydroxylation is 2. The molecule has 0 bridgehead atoms. The van der Waals surface area contributed by atoms with Crippen molar-refractivity contribution in [3.63, 3.8) is 0 Å². The number of nitrogens with zero attached hydrogens (tertiary/aromatic N) is 4. The first-order valence-electron chi connectivity index (χ1n) is 8.09. The van der Waals surface area contributed by atoms with Crippen LogP contribution in [0.2, 0.25) is 0 Å². The van der Waals surface area contributed by atoms with Crippen LogP contribution >= 0.6 is 0 Å². The number of furan rings is 1. The van der Waals surface area contributed by atoms with Crippen LogP contribution in [0.1, 0.15) is 10.6 Å². The number of aromatic nitrogens is 4. The maximum Gasteiger partial charge on any atom is 0.291 e. The molecule has 0 aliphatic carbocycles. The van der Waals surface area contributed by atoms with E-state index in [4.69, 9.17) is 4.42 Å². The number of hydrogen-bond acceptors (Lipinski definition) is 4. The van der Waals surface area contributed by atoms with Crippen molar-refractivity contribution < 1.29 is 9.21 Å². The molecule has 4 aromatic rings. The van der Waals surface area contributed by atoms with Gasteiger partial charge in [0.15, 0.2) is 5.76 Å². The molecule has 7 nitrogen and oxygen atoms in total. The Morgan fingerprint density at radius 1 is 1.00 bits per heavy atom. The number of nitrogens with one attached hydrogen (secondary N) is 1. The Balaban J connectivity index is 1.59. The number of carbonyl (C=O) groups is 1. The van der Waals surface area contributed by atoms with Crippen molar-refractivity contribution in [3.05, 3.63) is 66.8 Å². The van der Waals surface area contributed by atoms with Gasteiger partial charge in [0.2, 0.25) is 0 Å². The number of hydrogen-bond donors (Lipinski definition) is 1. The van der Waals surface area contributed by atoms with E-state index in [1.54, 1.807) is 33.9 Å². The molecule has 0 atom stereocenters. The van der Waals surface area contributed by atoms with Crippen LogP contribution in [0.3, 0.4) is 0 Å². The zero-order valence-corrected chi connectivity index (χ0v) is 14.4. The van der Waals surface area contributed by atoms with Gasteiger partial charge in [-0.25, -0.2) is 0 Å². The van der Waals surface area contributed by atoms with Gasteiger partial charge in [-0.3, -0.25) is 14.2 Å². The molecule has 0 saturated carbocycles. The molecule has 1 N–H and O–H groups in total. The summed E-state index contributed by atoms with van der Waals surface area (Å²) in [7, 11) is 3.64. The average Bonchev–Trinajstić information content (AvgIpc) is 3.35. The van der Waals surface area contributed by atoms with Crippen molar-refractivity contribution in [2.75, 3.05) is 5.32 Å². The van der Waals surface area contributed by atoms with Crippen molar-refractivity contribution in [2.24, 2.45) is 14.1 Å². The van der Waals surface area contributed by atoms with E-state index in [1.807, 2.05) is 50.6 Å². The molecule has 130 valence electrons. The lowest BCUT2D eigenvalue weighted by molar-refractivity contribution is 0.0997. The highest BCUT2D eigenvalue weighted by molar-refractivity contribution is 6.04. The maximum atomic E-state index is 12.6. The second-order valence-corrected chi connectivity index (χ2v) is 5.95. The smallest absolute Gasteiger partial charge is 0.291 e. The predicted octanol–water partition coefficient (Wildman–Crippen LogP) is 3.33.